The second-order valence-electron chi connectivity index (χ2n) is 8.76. The molecule has 1 fully saturated rings. The van der Waals surface area contributed by atoms with Crippen LogP contribution in [0.5, 0.6) is 5.75 Å². The van der Waals surface area contributed by atoms with Crippen LogP contribution in [0.1, 0.15) is 34.3 Å². The van der Waals surface area contributed by atoms with Gasteiger partial charge in [-0.3, -0.25) is 4.79 Å². The third-order valence-corrected chi connectivity index (χ3v) is 6.35. The van der Waals surface area contributed by atoms with E-state index >= 15 is 0 Å². The van der Waals surface area contributed by atoms with Gasteiger partial charge in [-0.1, -0.05) is 6.07 Å². The third kappa shape index (κ3) is 4.82. The van der Waals surface area contributed by atoms with Gasteiger partial charge in [0.1, 0.15) is 23.2 Å². The molecule has 0 unspecified atom stereocenters. The monoisotopic (exact) mass is 477 g/mol. The van der Waals surface area contributed by atoms with Crippen molar-refractivity contribution in [2.45, 2.75) is 31.9 Å². The maximum atomic E-state index is 15.0. The average Bonchev–Trinajstić information content (AvgIpc) is 2.86. The van der Waals surface area contributed by atoms with Crippen molar-refractivity contribution in [2.75, 3.05) is 32.5 Å². The largest absolute Gasteiger partial charge is 0.490 e. The molecule has 182 valence electrons. The van der Waals surface area contributed by atoms with Crippen molar-refractivity contribution in [1.82, 2.24) is 20.6 Å². The number of aromatic nitrogens is 2. The van der Waals surface area contributed by atoms with Gasteiger partial charge in [-0.2, -0.15) is 9.37 Å². The molecule has 0 saturated carbocycles. The van der Waals surface area contributed by atoms with Gasteiger partial charge in [-0.25, -0.2) is 4.98 Å². The minimum absolute atomic E-state index is 0.00128. The number of nitrogens with zero attached hydrogens (tertiary/aromatic N) is 2. The Bertz CT molecular complexity index is 1260. The van der Waals surface area contributed by atoms with Crippen molar-refractivity contribution >= 4 is 11.7 Å². The molecule has 4 N–H and O–H groups in total. The molecule has 3 heterocycles. The topological polar surface area (TPSA) is 111 Å². The second-order valence-corrected chi connectivity index (χ2v) is 8.76. The van der Waals surface area contributed by atoms with Crippen molar-refractivity contribution in [3.05, 3.63) is 59.0 Å². The number of hydrogen-bond donors (Lipinski definition) is 3. The molecule has 35 heavy (non-hydrogen) atoms. The average molecular weight is 478 g/mol. The highest BCUT2D eigenvalue weighted by Crippen LogP contribution is 2.33. The molecule has 1 amide bonds. The van der Waals surface area contributed by atoms with Crippen molar-refractivity contribution in [1.29, 1.82) is 0 Å². The highest BCUT2D eigenvalue weighted by atomic mass is 19.1. The first-order valence-electron chi connectivity index (χ1n) is 11.8. The molecule has 1 aromatic heterocycles. The number of benzene rings is 2. The molecule has 2 aromatic carbocycles. The Balaban J connectivity index is 1.51. The zero-order valence-electron chi connectivity index (χ0n) is 19.6. The Kier molecular flexibility index (Phi) is 6.61. The Morgan fingerprint density at radius 3 is 2.71 bits per heavy atom. The number of hydrogen-bond acceptors (Lipinski definition) is 7. The number of rotatable bonds is 6. The molecule has 5 rings (SSSR count). The lowest BCUT2D eigenvalue weighted by atomic mass is 9.96. The fourth-order valence-electron chi connectivity index (χ4n) is 4.54. The van der Waals surface area contributed by atoms with E-state index in [9.17, 15) is 9.18 Å². The number of nitrogen functional groups attached to an aromatic ring is 1. The summed E-state index contributed by atoms with van der Waals surface area (Å²) in [5, 5.41) is 5.98. The number of amides is 1. The summed E-state index contributed by atoms with van der Waals surface area (Å²) in [5.74, 6) is -0.0813. The van der Waals surface area contributed by atoms with E-state index < -0.39 is 5.95 Å². The van der Waals surface area contributed by atoms with Gasteiger partial charge in [-0.05, 0) is 49.4 Å². The lowest BCUT2D eigenvalue weighted by Crippen LogP contribution is -2.31. The minimum atomic E-state index is -0.739. The van der Waals surface area contributed by atoms with Crippen LogP contribution in [0, 0.1) is 5.95 Å². The predicted molar refractivity (Wildman–Crippen MR) is 131 cm³/mol. The van der Waals surface area contributed by atoms with E-state index in [4.69, 9.17) is 15.2 Å². The number of ether oxygens (including phenoxy) is 2. The van der Waals surface area contributed by atoms with E-state index in [2.05, 4.69) is 20.6 Å². The zero-order valence-corrected chi connectivity index (χ0v) is 19.6. The maximum Gasteiger partial charge on any atom is 0.251 e. The van der Waals surface area contributed by atoms with Gasteiger partial charge < -0.3 is 25.8 Å². The van der Waals surface area contributed by atoms with Crippen LogP contribution >= 0.6 is 0 Å². The summed E-state index contributed by atoms with van der Waals surface area (Å²) in [4.78, 5) is 20.6. The van der Waals surface area contributed by atoms with Gasteiger partial charge in [0.2, 0.25) is 5.95 Å². The minimum Gasteiger partial charge on any atom is -0.490 e. The number of anilines is 1. The van der Waals surface area contributed by atoms with Gasteiger partial charge in [0.15, 0.2) is 5.82 Å². The molecular weight excluding hydrogens is 449 g/mol. The highest BCUT2D eigenvalue weighted by molar-refractivity contribution is 5.97. The summed E-state index contributed by atoms with van der Waals surface area (Å²) in [6.07, 6.45) is 2.48. The third-order valence-electron chi connectivity index (χ3n) is 6.35. The van der Waals surface area contributed by atoms with Crippen molar-refractivity contribution in [3.63, 3.8) is 0 Å². The number of carbonyl (C=O) groups excluding carboxylic acids is 1. The van der Waals surface area contributed by atoms with Crippen molar-refractivity contribution < 1.29 is 18.7 Å². The highest BCUT2D eigenvalue weighted by Gasteiger charge is 2.21. The molecule has 0 bridgehead atoms. The molecule has 0 spiro atoms. The molecule has 3 aromatic rings. The smallest absolute Gasteiger partial charge is 0.251 e. The van der Waals surface area contributed by atoms with Crippen molar-refractivity contribution in [3.8, 4) is 28.3 Å². The first kappa shape index (κ1) is 23.2. The molecule has 0 radical (unpaired) electrons. The van der Waals surface area contributed by atoms with Crippen LogP contribution in [0.15, 0.2) is 36.4 Å². The van der Waals surface area contributed by atoms with Gasteiger partial charge >= 0.3 is 0 Å². The SMILES string of the molecule is CNCc1cc(-c2nc(-c3ccc4c(c3)CCNC4=O)c(N)nc2F)ccc1OC1CCOCC1. The lowest BCUT2D eigenvalue weighted by molar-refractivity contribution is 0.0251. The summed E-state index contributed by atoms with van der Waals surface area (Å²) in [6, 6.07) is 10.9. The Hall–Kier alpha value is -3.56. The molecule has 0 atom stereocenters. The normalized spacial score (nSPS) is 16.0. The van der Waals surface area contributed by atoms with E-state index in [-0.39, 0.29) is 23.5 Å². The zero-order chi connectivity index (χ0) is 24.4. The summed E-state index contributed by atoms with van der Waals surface area (Å²) >= 11 is 0. The van der Waals surface area contributed by atoms with Crippen LogP contribution in [0.2, 0.25) is 0 Å². The summed E-state index contributed by atoms with van der Waals surface area (Å²) in [7, 11) is 1.85. The molecule has 0 aliphatic carbocycles. The van der Waals surface area contributed by atoms with E-state index in [0.717, 1.165) is 29.7 Å². The van der Waals surface area contributed by atoms with E-state index in [1.54, 1.807) is 18.2 Å². The lowest BCUT2D eigenvalue weighted by Gasteiger charge is -2.25. The number of nitrogens with one attached hydrogen (secondary N) is 2. The number of halogens is 1. The summed E-state index contributed by atoms with van der Waals surface area (Å²) in [6.45, 7) is 2.50. The molecule has 9 heteroatoms. The fourth-order valence-corrected chi connectivity index (χ4v) is 4.54. The number of nitrogens with two attached hydrogens (primary N) is 1. The van der Waals surface area contributed by atoms with Crippen molar-refractivity contribution in [2.24, 2.45) is 0 Å². The molecule has 2 aliphatic rings. The van der Waals surface area contributed by atoms with E-state index in [1.165, 1.54) is 0 Å². The molecular formula is C26H28FN5O3. The fraction of sp³-hybridized carbons (Fsp3) is 0.346. The van der Waals surface area contributed by atoms with Crippen LogP contribution < -0.4 is 21.1 Å². The number of carbonyl (C=O) groups is 1. The standard InChI is InChI=1S/C26H28FN5O3/c1-29-14-18-13-16(3-5-21(18)35-19-7-10-34-11-8-19)22-24(27)32-25(28)23(31-22)17-2-4-20-15(12-17)6-9-30-26(20)33/h2-5,12-13,19,29H,6-11,14H2,1H3,(H2,28,32)(H,30,33). The van der Waals surface area contributed by atoms with E-state index in [0.29, 0.717) is 55.1 Å². The summed E-state index contributed by atoms with van der Waals surface area (Å²) in [5.41, 5.74) is 10.3. The van der Waals surface area contributed by atoms with Crippen LogP contribution in [-0.4, -0.2) is 48.8 Å². The Morgan fingerprint density at radius 1 is 1.14 bits per heavy atom. The maximum absolute atomic E-state index is 15.0. The molecule has 2 aliphatic heterocycles. The first-order valence-corrected chi connectivity index (χ1v) is 11.8. The quantitative estimate of drug-likeness (QED) is 0.500. The van der Waals surface area contributed by atoms with Crippen LogP contribution in [-0.2, 0) is 17.7 Å². The van der Waals surface area contributed by atoms with Gasteiger partial charge in [-0.15, -0.1) is 0 Å². The molecule has 1 saturated heterocycles. The second kappa shape index (κ2) is 9.97. The first-order chi connectivity index (χ1) is 17.0. The van der Waals surface area contributed by atoms with Crippen LogP contribution in [0.25, 0.3) is 22.5 Å². The predicted octanol–water partition coefficient (Wildman–Crippen LogP) is 3.10. The Morgan fingerprint density at radius 2 is 1.91 bits per heavy atom. The van der Waals surface area contributed by atoms with Crippen LogP contribution in [0.4, 0.5) is 10.2 Å². The van der Waals surface area contributed by atoms with Crippen LogP contribution in [0.3, 0.4) is 0 Å². The Labute approximate surface area is 203 Å². The van der Waals surface area contributed by atoms with Gasteiger partial charge in [0.25, 0.3) is 5.91 Å². The summed E-state index contributed by atoms with van der Waals surface area (Å²) < 4.78 is 26.6. The van der Waals surface area contributed by atoms with Gasteiger partial charge in [0.05, 0.1) is 13.2 Å². The number of fused-ring (bicyclic) bond motifs is 1. The van der Waals surface area contributed by atoms with E-state index in [1.807, 2.05) is 25.2 Å². The van der Waals surface area contributed by atoms with Gasteiger partial charge in [0, 0.05) is 48.2 Å². The molecule has 8 nitrogen and oxygen atoms in total.